The van der Waals surface area contributed by atoms with Gasteiger partial charge in [-0.15, -0.1) is 0 Å². The second-order valence-electron chi connectivity index (χ2n) is 6.10. The molecule has 0 bridgehead atoms. The van der Waals surface area contributed by atoms with Crippen molar-refractivity contribution < 1.29 is 26.7 Å². The van der Waals surface area contributed by atoms with Gasteiger partial charge in [0.1, 0.15) is 11.3 Å². The fraction of sp³-hybridized carbons (Fsp3) is 0.0476. The van der Waals surface area contributed by atoms with E-state index >= 15 is 0 Å². The van der Waals surface area contributed by atoms with Crippen molar-refractivity contribution in [1.29, 1.82) is 0 Å². The molecule has 1 N–H and O–H groups in total. The summed E-state index contributed by atoms with van der Waals surface area (Å²) in [6, 6.07) is 24.3. The molecular formula is C21H17BF4N2O. The predicted molar refractivity (Wildman–Crippen MR) is 104 cm³/mol. The van der Waals surface area contributed by atoms with Crippen molar-refractivity contribution in [3.63, 3.8) is 0 Å². The van der Waals surface area contributed by atoms with Crippen molar-refractivity contribution in [2.75, 3.05) is 0 Å². The number of rotatable bonds is 3. The molecule has 148 valence electrons. The Hall–Kier alpha value is -3.42. The number of nitrogens with one attached hydrogen (secondary N) is 1. The normalized spacial score (nSPS) is 11.8. The number of halogens is 4. The van der Waals surface area contributed by atoms with Gasteiger partial charge in [-0.2, -0.15) is 0 Å². The molecule has 0 atom stereocenters. The van der Waals surface area contributed by atoms with Gasteiger partial charge in [0.05, 0.1) is 11.5 Å². The third-order valence-electron chi connectivity index (χ3n) is 3.94. The standard InChI is InChI=1S/C21H16N2O.BF4/c1-2-8-17(9-3-1)21-13-19(18-10-4-5-11-20(18)24-21)23-15-16-7-6-12-22-14-16;2-1(3,4)5/h1-14H,15H2;/q;-1/p+1. The zero-order valence-electron chi connectivity index (χ0n) is 15.2. The van der Waals surface area contributed by atoms with Gasteiger partial charge in [-0.3, -0.25) is 4.98 Å². The number of hydrogen-bond acceptors (Lipinski definition) is 2. The summed E-state index contributed by atoms with van der Waals surface area (Å²) in [5, 5.41) is 2.13. The molecule has 0 saturated carbocycles. The lowest BCUT2D eigenvalue weighted by Gasteiger charge is -2.02. The van der Waals surface area contributed by atoms with E-state index in [-0.39, 0.29) is 0 Å². The topological polar surface area (TPSA) is 40.0 Å². The molecule has 0 aliphatic heterocycles. The SMILES string of the molecule is F[B-](F)(F)F.c1ccc(-c2cc(=[NH+]Cc3cccnc3)c3ccccc3o2)cc1. The van der Waals surface area contributed by atoms with Crippen molar-refractivity contribution in [2.45, 2.75) is 6.54 Å². The van der Waals surface area contributed by atoms with Gasteiger partial charge in [-0.05, 0) is 24.3 Å². The van der Waals surface area contributed by atoms with Gasteiger partial charge in [-0.25, -0.2) is 4.99 Å². The van der Waals surface area contributed by atoms with Crippen LogP contribution in [0.1, 0.15) is 5.56 Å². The molecule has 0 fully saturated rings. The molecule has 0 aliphatic rings. The van der Waals surface area contributed by atoms with Crippen molar-refractivity contribution in [3.8, 4) is 11.3 Å². The number of hydrogen-bond donors (Lipinski definition) is 1. The summed E-state index contributed by atoms with van der Waals surface area (Å²) in [6.45, 7) is 0.718. The summed E-state index contributed by atoms with van der Waals surface area (Å²) in [5.41, 5.74) is 3.07. The smallest absolute Gasteiger partial charge is 0.456 e. The minimum absolute atomic E-state index is 0.718. The molecular weight excluding hydrogens is 383 g/mol. The van der Waals surface area contributed by atoms with E-state index in [9.17, 15) is 17.3 Å². The largest absolute Gasteiger partial charge is 0.673 e. The molecule has 0 saturated heterocycles. The second-order valence-corrected chi connectivity index (χ2v) is 6.10. The Morgan fingerprint density at radius 2 is 1.55 bits per heavy atom. The van der Waals surface area contributed by atoms with Crippen molar-refractivity contribution in [1.82, 2.24) is 4.98 Å². The highest BCUT2D eigenvalue weighted by Crippen LogP contribution is 2.21. The third-order valence-corrected chi connectivity index (χ3v) is 3.94. The van der Waals surface area contributed by atoms with Gasteiger partial charge in [0.15, 0.2) is 6.54 Å². The first-order valence-corrected chi connectivity index (χ1v) is 8.81. The van der Waals surface area contributed by atoms with Gasteiger partial charge in [-0.1, -0.05) is 42.5 Å². The van der Waals surface area contributed by atoms with Crippen LogP contribution in [-0.4, -0.2) is 12.2 Å². The highest BCUT2D eigenvalue weighted by molar-refractivity contribution is 6.50. The molecule has 0 unspecified atom stereocenters. The van der Waals surface area contributed by atoms with Gasteiger partial charge in [0, 0.05) is 23.5 Å². The van der Waals surface area contributed by atoms with Crippen LogP contribution in [0.3, 0.4) is 0 Å². The van der Waals surface area contributed by atoms with Crippen LogP contribution in [0.4, 0.5) is 17.3 Å². The molecule has 2 aromatic heterocycles. The van der Waals surface area contributed by atoms with E-state index in [1.54, 1.807) is 6.20 Å². The maximum atomic E-state index is 9.75. The van der Waals surface area contributed by atoms with Crippen LogP contribution >= 0.6 is 0 Å². The number of fused-ring (bicyclic) bond motifs is 1. The lowest BCUT2D eigenvalue weighted by molar-refractivity contribution is -0.516. The summed E-state index contributed by atoms with van der Waals surface area (Å²) in [5.74, 6) is 0.850. The zero-order chi connectivity index (χ0) is 20.7. The number of para-hydroxylation sites is 1. The number of pyridine rings is 1. The predicted octanol–water partition coefficient (Wildman–Crippen LogP) is 3.98. The monoisotopic (exact) mass is 400 g/mol. The van der Waals surface area contributed by atoms with E-state index < -0.39 is 7.25 Å². The van der Waals surface area contributed by atoms with E-state index in [0.717, 1.165) is 39.8 Å². The lowest BCUT2D eigenvalue weighted by Crippen LogP contribution is -2.75. The molecule has 4 aromatic rings. The first-order chi connectivity index (χ1) is 13.9. The zero-order valence-corrected chi connectivity index (χ0v) is 15.2. The molecule has 2 heterocycles. The van der Waals surface area contributed by atoms with Gasteiger partial charge in [0.25, 0.3) is 0 Å². The number of aromatic nitrogens is 1. The molecule has 4 rings (SSSR count). The minimum atomic E-state index is -6.00. The quantitative estimate of drug-likeness (QED) is 0.418. The molecule has 0 spiro atoms. The van der Waals surface area contributed by atoms with E-state index in [0.29, 0.717) is 0 Å². The Labute approximate surface area is 164 Å². The van der Waals surface area contributed by atoms with Crippen LogP contribution in [0.2, 0.25) is 0 Å². The van der Waals surface area contributed by atoms with E-state index in [1.807, 2.05) is 48.7 Å². The number of nitrogens with zero attached hydrogens (tertiary/aromatic N) is 1. The fourth-order valence-electron chi connectivity index (χ4n) is 2.73. The van der Waals surface area contributed by atoms with Crippen LogP contribution in [0.15, 0.2) is 89.6 Å². The fourth-order valence-corrected chi connectivity index (χ4v) is 2.73. The van der Waals surface area contributed by atoms with Crippen molar-refractivity contribution >= 4 is 18.2 Å². The van der Waals surface area contributed by atoms with Crippen LogP contribution in [0.25, 0.3) is 22.3 Å². The van der Waals surface area contributed by atoms with Crippen molar-refractivity contribution in [2.24, 2.45) is 0 Å². The molecule has 2 aromatic carbocycles. The molecule has 8 heteroatoms. The Kier molecular flexibility index (Phi) is 6.44. The maximum Gasteiger partial charge on any atom is 0.673 e. The molecule has 0 amide bonds. The van der Waals surface area contributed by atoms with Crippen LogP contribution in [-0.2, 0) is 6.54 Å². The average Bonchev–Trinajstić information content (AvgIpc) is 2.72. The first-order valence-electron chi connectivity index (χ1n) is 8.81. The van der Waals surface area contributed by atoms with Crippen LogP contribution < -0.4 is 10.3 Å². The highest BCUT2D eigenvalue weighted by Gasteiger charge is 2.20. The van der Waals surface area contributed by atoms with Gasteiger partial charge >= 0.3 is 7.25 Å². The Morgan fingerprint density at radius 1 is 0.862 bits per heavy atom. The summed E-state index contributed by atoms with van der Waals surface area (Å²) in [4.78, 5) is 7.68. The average molecular weight is 400 g/mol. The van der Waals surface area contributed by atoms with E-state index in [2.05, 4.69) is 40.3 Å². The third kappa shape index (κ3) is 6.31. The van der Waals surface area contributed by atoms with Gasteiger partial charge in [0.2, 0.25) is 5.36 Å². The molecule has 3 nitrogen and oxygen atoms in total. The van der Waals surface area contributed by atoms with Gasteiger partial charge < -0.3 is 21.7 Å². The molecule has 0 radical (unpaired) electrons. The van der Waals surface area contributed by atoms with Crippen molar-refractivity contribution in [3.05, 3.63) is 96.1 Å². The Bertz CT molecular complexity index is 1120. The van der Waals surface area contributed by atoms with Crippen LogP contribution in [0, 0.1) is 0 Å². The summed E-state index contributed by atoms with van der Waals surface area (Å²) in [7, 11) is -6.00. The molecule has 0 aliphatic carbocycles. The molecule has 29 heavy (non-hydrogen) atoms. The van der Waals surface area contributed by atoms with E-state index in [1.165, 1.54) is 0 Å². The first kappa shape index (κ1) is 20.3. The maximum absolute atomic E-state index is 9.75. The van der Waals surface area contributed by atoms with Crippen LogP contribution in [0.5, 0.6) is 0 Å². The number of benzene rings is 2. The highest BCUT2D eigenvalue weighted by atomic mass is 19.5. The van der Waals surface area contributed by atoms with E-state index in [4.69, 9.17) is 4.42 Å². The second kappa shape index (κ2) is 9.19. The Balaban J connectivity index is 0.000000431. The minimum Gasteiger partial charge on any atom is -0.456 e. The summed E-state index contributed by atoms with van der Waals surface area (Å²) in [6.07, 6.45) is 3.66. The lowest BCUT2D eigenvalue weighted by atomic mass is 10.1. The summed E-state index contributed by atoms with van der Waals surface area (Å²) >= 11 is 0. The summed E-state index contributed by atoms with van der Waals surface area (Å²) < 4.78 is 45.1. The Morgan fingerprint density at radius 3 is 2.24 bits per heavy atom.